The second kappa shape index (κ2) is 10.9. The van der Waals surface area contributed by atoms with Gasteiger partial charge in [0.2, 0.25) is 0 Å². The van der Waals surface area contributed by atoms with Gasteiger partial charge in [-0.25, -0.2) is 9.36 Å². The van der Waals surface area contributed by atoms with Crippen molar-refractivity contribution in [3.8, 4) is 6.07 Å². The molecule has 1 aromatic carbocycles. The standard InChI is InChI=1S/C27H35N3O4/c1-6-19-11-10-15-29(24(19)18-28)16-14-21-20-12-8-9-13-22(20)30(26(32)34-27(3,4)5)23(21)17-25(31)33-7-2/h8-9,11-13,24H,6-7,10,14-17H2,1-5H3. The van der Waals surface area contributed by atoms with Gasteiger partial charge in [-0.1, -0.05) is 31.2 Å². The summed E-state index contributed by atoms with van der Waals surface area (Å²) < 4.78 is 12.4. The first kappa shape index (κ1) is 25.5. The van der Waals surface area contributed by atoms with Gasteiger partial charge in [-0.05, 0) is 64.2 Å². The molecule has 7 heteroatoms. The van der Waals surface area contributed by atoms with Gasteiger partial charge in [-0.15, -0.1) is 0 Å². The molecule has 0 aliphatic carbocycles. The number of para-hydroxylation sites is 1. The summed E-state index contributed by atoms with van der Waals surface area (Å²) in [7, 11) is 0. The number of aromatic nitrogens is 1. The molecule has 2 heterocycles. The van der Waals surface area contributed by atoms with Gasteiger partial charge < -0.3 is 9.47 Å². The molecule has 182 valence electrons. The molecule has 0 fully saturated rings. The zero-order chi connectivity index (χ0) is 24.9. The largest absolute Gasteiger partial charge is 0.466 e. The molecular weight excluding hydrogens is 430 g/mol. The Hall–Kier alpha value is -3.11. The van der Waals surface area contributed by atoms with Crippen molar-refractivity contribution in [2.45, 2.75) is 71.9 Å². The minimum Gasteiger partial charge on any atom is -0.466 e. The van der Waals surface area contributed by atoms with E-state index in [-0.39, 0.29) is 25.0 Å². The minimum absolute atomic E-state index is 0.0289. The summed E-state index contributed by atoms with van der Waals surface area (Å²) in [6, 6.07) is 9.84. The van der Waals surface area contributed by atoms with Crippen LogP contribution in [0.4, 0.5) is 4.79 Å². The van der Waals surface area contributed by atoms with E-state index in [4.69, 9.17) is 9.47 Å². The van der Waals surface area contributed by atoms with Gasteiger partial charge in [0.05, 0.1) is 24.6 Å². The van der Waals surface area contributed by atoms with E-state index in [1.165, 1.54) is 4.57 Å². The molecule has 0 saturated heterocycles. The van der Waals surface area contributed by atoms with Crippen LogP contribution >= 0.6 is 0 Å². The van der Waals surface area contributed by atoms with Crippen LogP contribution in [0.25, 0.3) is 10.9 Å². The van der Waals surface area contributed by atoms with Crippen LogP contribution in [0.2, 0.25) is 0 Å². The third kappa shape index (κ3) is 5.68. The Labute approximate surface area is 201 Å². The summed E-state index contributed by atoms with van der Waals surface area (Å²) in [4.78, 5) is 28.0. The average Bonchev–Trinajstić information content (AvgIpc) is 3.09. The maximum Gasteiger partial charge on any atom is 0.419 e. The van der Waals surface area contributed by atoms with Crippen molar-refractivity contribution < 1.29 is 19.1 Å². The smallest absolute Gasteiger partial charge is 0.419 e. The lowest BCUT2D eigenvalue weighted by Crippen LogP contribution is -2.40. The van der Waals surface area contributed by atoms with E-state index in [9.17, 15) is 14.9 Å². The lowest BCUT2D eigenvalue weighted by atomic mass is 9.97. The lowest BCUT2D eigenvalue weighted by Gasteiger charge is -2.32. The molecule has 0 bridgehead atoms. The highest BCUT2D eigenvalue weighted by molar-refractivity contribution is 5.95. The highest BCUT2D eigenvalue weighted by atomic mass is 16.6. The van der Waals surface area contributed by atoms with Crippen molar-refractivity contribution in [2.24, 2.45) is 0 Å². The van der Waals surface area contributed by atoms with Crippen LogP contribution < -0.4 is 0 Å². The first-order chi connectivity index (χ1) is 16.2. The van der Waals surface area contributed by atoms with Crippen molar-refractivity contribution in [3.63, 3.8) is 0 Å². The number of hydrogen-bond donors (Lipinski definition) is 0. The zero-order valence-corrected chi connectivity index (χ0v) is 20.9. The van der Waals surface area contributed by atoms with Gasteiger partial charge >= 0.3 is 12.1 Å². The molecule has 0 spiro atoms. The molecule has 0 radical (unpaired) electrons. The fraction of sp³-hybridized carbons (Fsp3) is 0.519. The van der Waals surface area contributed by atoms with Crippen molar-refractivity contribution in [1.29, 1.82) is 5.26 Å². The molecule has 1 aliphatic rings. The first-order valence-electron chi connectivity index (χ1n) is 12.0. The number of carbonyl (C=O) groups is 2. The highest BCUT2D eigenvalue weighted by Gasteiger charge is 2.29. The van der Waals surface area contributed by atoms with E-state index >= 15 is 0 Å². The molecule has 0 amide bonds. The van der Waals surface area contributed by atoms with Crippen molar-refractivity contribution in [1.82, 2.24) is 9.47 Å². The Morgan fingerprint density at radius 1 is 1.21 bits per heavy atom. The number of carbonyl (C=O) groups excluding carboxylic acids is 2. The molecule has 1 aromatic heterocycles. The van der Waals surface area contributed by atoms with E-state index < -0.39 is 11.7 Å². The summed E-state index contributed by atoms with van der Waals surface area (Å²) in [5.74, 6) is -0.388. The molecule has 7 nitrogen and oxygen atoms in total. The summed E-state index contributed by atoms with van der Waals surface area (Å²) in [5.41, 5.74) is 2.68. The van der Waals surface area contributed by atoms with Gasteiger partial charge in [0.1, 0.15) is 11.6 Å². The predicted octanol–water partition coefficient (Wildman–Crippen LogP) is 5.01. The number of esters is 1. The van der Waals surface area contributed by atoms with E-state index in [0.29, 0.717) is 24.2 Å². The monoisotopic (exact) mass is 465 g/mol. The number of nitrogens with zero attached hydrogens (tertiary/aromatic N) is 3. The lowest BCUT2D eigenvalue weighted by molar-refractivity contribution is -0.142. The van der Waals surface area contributed by atoms with Gasteiger partial charge in [-0.2, -0.15) is 5.26 Å². The maximum atomic E-state index is 13.3. The second-order valence-electron chi connectivity index (χ2n) is 9.48. The van der Waals surface area contributed by atoms with E-state index in [2.05, 4.69) is 24.0 Å². The predicted molar refractivity (Wildman–Crippen MR) is 132 cm³/mol. The molecule has 1 unspecified atom stereocenters. The van der Waals surface area contributed by atoms with E-state index in [1.807, 2.05) is 45.0 Å². The molecule has 3 rings (SSSR count). The third-order valence-corrected chi connectivity index (χ3v) is 6.00. The fourth-order valence-electron chi connectivity index (χ4n) is 4.58. The number of rotatable bonds is 7. The Kier molecular flexibility index (Phi) is 8.16. The second-order valence-corrected chi connectivity index (χ2v) is 9.48. The molecule has 34 heavy (non-hydrogen) atoms. The Balaban J connectivity index is 2.04. The van der Waals surface area contributed by atoms with Crippen molar-refractivity contribution >= 4 is 23.0 Å². The Bertz CT molecular complexity index is 1120. The maximum absolute atomic E-state index is 13.3. The topological polar surface area (TPSA) is 84.6 Å². The zero-order valence-electron chi connectivity index (χ0n) is 20.9. The molecule has 0 saturated carbocycles. The van der Waals surface area contributed by atoms with Gasteiger partial charge in [-0.3, -0.25) is 9.69 Å². The summed E-state index contributed by atoms with van der Waals surface area (Å²) in [5, 5.41) is 10.7. The first-order valence-corrected chi connectivity index (χ1v) is 12.0. The molecule has 2 aromatic rings. The SMILES string of the molecule is CCOC(=O)Cc1c(CCN2CCC=C(CC)C2C#N)c2ccccc2n1C(=O)OC(C)(C)C. The molecule has 1 atom stereocenters. The number of ether oxygens (including phenoxy) is 2. The van der Waals surface area contributed by atoms with E-state index in [1.54, 1.807) is 6.92 Å². The summed E-state index contributed by atoms with van der Waals surface area (Å²) in [6.07, 6.45) is 3.99. The molecular formula is C27H35N3O4. The minimum atomic E-state index is -0.680. The van der Waals surface area contributed by atoms with E-state index in [0.717, 1.165) is 35.9 Å². The fourth-order valence-corrected chi connectivity index (χ4v) is 4.58. The van der Waals surface area contributed by atoms with Crippen LogP contribution in [0, 0.1) is 11.3 Å². The highest BCUT2D eigenvalue weighted by Crippen LogP contribution is 2.30. The van der Waals surface area contributed by atoms with Crippen LogP contribution in [-0.4, -0.2) is 52.9 Å². The average molecular weight is 466 g/mol. The quantitative estimate of drug-likeness (QED) is 0.422. The number of benzene rings is 1. The third-order valence-electron chi connectivity index (χ3n) is 6.00. The summed E-state index contributed by atoms with van der Waals surface area (Å²) in [6.45, 7) is 11.0. The number of fused-ring (bicyclic) bond motifs is 1. The Morgan fingerprint density at radius 3 is 2.59 bits per heavy atom. The van der Waals surface area contributed by atoms with Crippen LogP contribution in [0.15, 0.2) is 35.9 Å². The normalized spacial score (nSPS) is 16.7. The van der Waals surface area contributed by atoms with Crippen molar-refractivity contribution in [3.05, 3.63) is 47.2 Å². The van der Waals surface area contributed by atoms with Gasteiger partial charge in [0.15, 0.2) is 0 Å². The number of nitriles is 1. The molecule has 1 aliphatic heterocycles. The van der Waals surface area contributed by atoms with Gasteiger partial charge in [0.25, 0.3) is 0 Å². The van der Waals surface area contributed by atoms with Crippen LogP contribution in [0.3, 0.4) is 0 Å². The molecule has 0 N–H and O–H groups in total. The summed E-state index contributed by atoms with van der Waals surface area (Å²) >= 11 is 0. The Morgan fingerprint density at radius 2 is 1.94 bits per heavy atom. The van der Waals surface area contributed by atoms with Gasteiger partial charge in [0, 0.05) is 24.2 Å². The van der Waals surface area contributed by atoms with Crippen molar-refractivity contribution in [2.75, 3.05) is 19.7 Å². The van der Waals surface area contributed by atoms with Crippen LogP contribution in [0.5, 0.6) is 0 Å². The number of hydrogen-bond acceptors (Lipinski definition) is 6. The van der Waals surface area contributed by atoms with Crippen LogP contribution in [-0.2, 0) is 27.1 Å². The van der Waals surface area contributed by atoms with Crippen LogP contribution in [0.1, 0.15) is 58.7 Å².